The third-order valence-corrected chi connectivity index (χ3v) is 3.67. The van der Waals surface area contributed by atoms with E-state index in [1.165, 1.54) is 24.3 Å². The van der Waals surface area contributed by atoms with Gasteiger partial charge in [-0.15, -0.1) is 0 Å². The molecule has 4 nitrogen and oxygen atoms in total. The van der Waals surface area contributed by atoms with Crippen LogP contribution in [0.1, 0.15) is 23.7 Å². The summed E-state index contributed by atoms with van der Waals surface area (Å²) in [6, 6.07) is 12.3. The third-order valence-electron chi connectivity index (χ3n) is 3.67. The first-order valence-corrected chi connectivity index (χ1v) is 7.04. The van der Waals surface area contributed by atoms with Crippen molar-refractivity contribution in [1.82, 2.24) is 0 Å². The van der Waals surface area contributed by atoms with Crippen molar-refractivity contribution in [1.29, 1.82) is 0 Å². The van der Waals surface area contributed by atoms with Gasteiger partial charge in [0.2, 0.25) is 5.91 Å². The number of carbonyl (C=O) groups excluding carboxylic acids is 2. The van der Waals surface area contributed by atoms with E-state index in [1.54, 1.807) is 23.1 Å². The van der Waals surface area contributed by atoms with Crippen molar-refractivity contribution < 1.29 is 14.0 Å². The van der Waals surface area contributed by atoms with Crippen molar-refractivity contribution in [2.75, 3.05) is 10.2 Å². The number of carbonyl (C=O) groups is 2. The molecule has 2 aromatic rings. The van der Waals surface area contributed by atoms with Gasteiger partial charge in [-0.05, 0) is 43.3 Å². The molecule has 2 aromatic carbocycles. The van der Waals surface area contributed by atoms with Gasteiger partial charge in [-0.3, -0.25) is 9.59 Å². The highest BCUT2D eigenvalue weighted by atomic mass is 19.1. The topological polar surface area (TPSA) is 49.4 Å². The lowest BCUT2D eigenvalue weighted by molar-refractivity contribution is -0.116. The molecule has 22 heavy (non-hydrogen) atoms. The van der Waals surface area contributed by atoms with Crippen molar-refractivity contribution >= 4 is 23.2 Å². The number of fused-ring (bicyclic) bond motifs is 1. The zero-order valence-electron chi connectivity index (χ0n) is 12.0. The average molecular weight is 298 g/mol. The van der Waals surface area contributed by atoms with Crippen molar-refractivity contribution in [3.63, 3.8) is 0 Å². The Balaban J connectivity index is 2.05. The molecule has 0 saturated heterocycles. The van der Waals surface area contributed by atoms with Crippen LogP contribution in [0.2, 0.25) is 0 Å². The molecule has 1 atom stereocenters. The molecule has 112 valence electrons. The van der Waals surface area contributed by atoms with Crippen molar-refractivity contribution in [2.24, 2.45) is 0 Å². The minimum Gasteiger partial charge on any atom is -0.324 e. The molecule has 0 spiro atoms. The second kappa shape index (κ2) is 5.60. The quantitative estimate of drug-likeness (QED) is 0.879. The summed E-state index contributed by atoms with van der Waals surface area (Å²) < 4.78 is 13.0. The van der Waals surface area contributed by atoms with Crippen LogP contribution in [0.3, 0.4) is 0 Å². The predicted molar refractivity (Wildman–Crippen MR) is 82.4 cm³/mol. The number of halogens is 1. The lowest BCUT2D eigenvalue weighted by Crippen LogP contribution is -2.39. The summed E-state index contributed by atoms with van der Waals surface area (Å²) in [5, 5.41) is 2.81. The van der Waals surface area contributed by atoms with Crippen LogP contribution in [-0.4, -0.2) is 17.9 Å². The monoisotopic (exact) mass is 298 g/mol. The van der Waals surface area contributed by atoms with Gasteiger partial charge >= 0.3 is 0 Å². The lowest BCUT2D eigenvalue weighted by Gasteiger charge is -2.27. The zero-order chi connectivity index (χ0) is 15.7. The Morgan fingerprint density at radius 2 is 1.86 bits per heavy atom. The van der Waals surface area contributed by atoms with Crippen molar-refractivity contribution in [3.05, 3.63) is 59.9 Å². The molecule has 1 aliphatic rings. The van der Waals surface area contributed by atoms with Gasteiger partial charge in [0, 0.05) is 18.0 Å². The van der Waals surface area contributed by atoms with E-state index in [9.17, 15) is 14.0 Å². The number of rotatable bonds is 1. The maximum Gasteiger partial charge on any atom is 0.258 e. The first-order chi connectivity index (χ1) is 10.6. The standard InChI is InChI=1S/C17H15FN2O2/c1-11-10-16(21)19-14-4-2-3-5-15(14)20(11)17(22)12-6-8-13(18)9-7-12/h2-9,11H,10H2,1H3,(H,19,21)/t11-/m1/s1. The fourth-order valence-corrected chi connectivity index (χ4v) is 2.63. The highest BCUT2D eigenvalue weighted by Crippen LogP contribution is 2.32. The molecule has 0 fully saturated rings. The first-order valence-electron chi connectivity index (χ1n) is 7.04. The van der Waals surface area contributed by atoms with Gasteiger partial charge in [0.15, 0.2) is 0 Å². The largest absolute Gasteiger partial charge is 0.324 e. The van der Waals surface area contributed by atoms with Crippen LogP contribution in [0.4, 0.5) is 15.8 Å². The van der Waals surface area contributed by atoms with Gasteiger partial charge in [0.1, 0.15) is 5.82 Å². The number of anilines is 2. The van der Waals surface area contributed by atoms with Crippen molar-refractivity contribution in [3.8, 4) is 0 Å². The normalized spacial score (nSPS) is 17.5. The van der Waals surface area contributed by atoms with E-state index in [-0.39, 0.29) is 24.3 Å². The summed E-state index contributed by atoms with van der Waals surface area (Å²) in [5.74, 6) is -0.775. The van der Waals surface area contributed by atoms with E-state index in [4.69, 9.17) is 0 Å². The molecule has 0 unspecified atom stereocenters. The Hall–Kier alpha value is -2.69. The van der Waals surface area contributed by atoms with Gasteiger partial charge < -0.3 is 10.2 Å². The molecular formula is C17H15FN2O2. The minimum absolute atomic E-state index is 0.130. The van der Waals surface area contributed by atoms with E-state index in [2.05, 4.69) is 5.32 Å². The van der Waals surface area contributed by atoms with Crippen LogP contribution in [0.25, 0.3) is 0 Å². The molecule has 0 saturated carbocycles. The van der Waals surface area contributed by atoms with Crippen LogP contribution >= 0.6 is 0 Å². The number of benzene rings is 2. The summed E-state index contributed by atoms with van der Waals surface area (Å²) in [5.41, 5.74) is 1.64. The minimum atomic E-state index is -0.391. The average Bonchev–Trinajstić information content (AvgIpc) is 2.61. The summed E-state index contributed by atoms with van der Waals surface area (Å²) in [6.45, 7) is 1.82. The smallest absolute Gasteiger partial charge is 0.258 e. The molecule has 1 heterocycles. The summed E-state index contributed by atoms with van der Waals surface area (Å²) in [4.78, 5) is 26.3. The van der Waals surface area contributed by atoms with Crippen LogP contribution in [0.15, 0.2) is 48.5 Å². The maximum absolute atomic E-state index is 13.0. The maximum atomic E-state index is 13.0. The van der Waals surface area contributed by atoms with Crippen molar-refractivity contribution in [2.45, 2.75) is 19.4 Å². The predicted octanol–water partition coefficient (Wildman–Crippen LogP) is 3.20. The molecule has 3 rings (SSSR count). The summed E-state index contributed by atoms with van der Waals surface area (Å²) in [6.07, 6.45) is 0.210. The first kappa shape index (κ1) is 14.3. The van der Waals surface area contributed by atoms with Gasteiger partial charge in [-0.2, -0.15) is 0 Å². The lowest BCUT2D eigenvalue weighted by atomic mass is 10.1. The molecule has 1 aliphatic heterocycles. The highest BCUT2D eigenvalue weighted by Gasteiger charge is 2.30. The number of amides is 2. The zero-order valence-corrected chi connectivity index (χ0v) is 12.0. The Bertz CT molecular complexity index is 728. The molecule has 0 aromatic heterocycles. The summed E-state index contributed by atoms with van der Waals surface area (Å²) >= 11 is 0. The molecule has 1 N–H and O–H groups in total. The SMILES string of the molecule is C[C@@H]1CC(=O)Nc2ccccc2N1C(=O)c1ccc(F)cc1. The van der Waals surface area contributed by atoms with E-state index in [0.29, 0.717) is 16.9 Å². The molecule has 0 radical (unpaired) electrons. The second-order valence-corrected chi connectivity index (χ2v) is 5.30. The Kier molecular flexibility index (Phi) is 3.63. The number of nitrogens with one attached hydrogen (secondary N) is 1. The molecule has 0 aliphatic carbocycles. The van der Waals surface area contributed by atoms with Gasteiger partial charge in [0.25, 0.3) is 5.91 Å². The van der Waals surface area contributed by atoms with Gasteiger partial charge in [-0.25, -0.2) is 4.39 Å². The summed E-state index contributed by atoms with van der Waals surface area (Å²) in [7, 11) is 0. The van der Waals surface area contributed by atoms with Crippen LogP contribution in [-0.2, 0) is 4.79 Å². The number of para-hydroxylation sites is 2. The molecule has 2 amide bonds. The molecule has 0 bridgehead atoms. The van der Waals surface area contributed by atoms with E-state index >= 15 is 0 Å². The second-order valence-electron chi connectivity index (χ2n) is 5.30. The fourth-order valence-electron chi connectivity index (χ4n) is 2.63. The highest BCUT2D eigenvalue weighted by molar-refractivity contribution is 6.11. The van der Waals surface area contributed by atoms with Crippen LogP contribution in [0.5, 0.6) is 0 Å². The molecular weight excluding hydrogens is 283 g/mol. The number of nitrogens with zero attached hydrogens (tertiary/aromatic N) is 1. The van der Waals surface area contributed by atoms with E-state index in [0.717, 1.165) is 0 Å². The van der Waals surface area contributed by atoms with Crippen LogP contribution in [0, 0.1) is 5.82 Å². The van der Waals surface area contributed by atoms with Crippen LogP contribution < -0.4 is 10.2 Å². The fraction of sp³-hybridized carbons (Fsp3) is 0.176. The third kappa shape index (κ3) is 2.57. The number of hydrogen-bond acceptors (Lipinski definition) is 2. The molecule has 5 heteroatoms. The van der Waals surface area contributed by atoms with E-state index < -0.39 is 5.82 Å². The van der Waals surface area contributed by atoms with Gasteiger partial charge in [-0.1, -0.05) is 12.1 Å². The Morgan fingerprint density at radius 3 is 2.59 bits per heavy atom. The van der Waals surface area contributed by atoms with E-state index in [1.807, 2.05) is 13.0 Å². The van der Waals surface area contributed by atoms with Gasteiger partial charge in [0.05, 0.1) is 11.4 Å². The Labute approximate surface area is 127 Å². The number of hydrogen-bond donors (Lipinski definition) is 1. The Morgan fingerprint density at radius 1 is 1.18 bits per heavy atom.